The van der Waals surface area contributed by atoms with Crippen molar-refractivity contribution in [3.8, 4) is 40.0 Å². The van der Waals surface area contributed by atoms with Crippen molar-refractivity contribution >= 4 is 11.8 Å². The summed E-state index contributed by atoms with van der Waals surface area (Å²) in [5.74, 6) is 2.55. The molecule has 31 heavy (non-hydrogen) atoms. The zero-order chi connectivity index (χ0) is 22.1. The van der Waals surface area contributed by atoms with Crippen molar-refractivity contribution in [2.75, 3.05) is 20.0 Å². The van der Waals surface area contributed by atoms with Crippen LogP contribution in [-0.4, -0.2) is 25.0 Å². The molecule has 3 rings (SSSR count). The SMILES string of the molecule is CCCCCCSc1nc(-c2ccc(OC)cc2)cc(-c2ccc(OC)cc2)c1C#N. The zero-order valence-electron chi connectivity index (χ0n) is 18.4. The molecule has 0 saturated carbocycles. The molecule has 0 amide bonds. The summed E-state index contributed by atoms with van der Waals surface area (Å²) < 4.78 is 10.6. The lowest BCUT2D eigenvalue weighted by molar-refractivity contribution is 0.415. The van der Waals surface area contributed by atoms with E-state index in [1.54, 1.807) is 26.0 Å². The lowest BCUT2D eigenvalue weighted by Gasteiger charge is -2.13. The Morgan fingerprint density at radius 3 is 2.03 bits per heavy atom. The Hall–Kier alpha value is -2.97. The van der Waals surface area contributed by atoms with Gasteiger partial charge in [-0.15, -0.1) is 11.8 Å². The quantitative estimate of drug-likeness (QED) is 0.256. The maximum absolute atomic E-state index is 9.99. The van der Waals surface area contributed by atoms with Crippen LogP contribution < -0.4 is 9.47 Å². The summed E-state index contributed by atoms with van der Waals surface area (Å²) in [5.41, 5.74) is 4.34. The van der Waals surface area contributed by atoms with E-state index in [-0.39, 0.29) is 0 Å². The van der Waals surface area contributed by atoms with Crippen LogP contribution in [0.5, 0.6) is 11.5 Å². The highest BCUT2D eigenvalue weighted by atomic mass is 32.2. The molecule has 0 aliphatic carbocycles. The highest BCUT2D eigenvalue weighted by Crippen LogP contribution is 2.35. The first-order valence-corrected chi connectivity index (χ1v) is 11.6. The maximum atomic E-state index is 9.99. The lowest BCUT2D eigenvalue weighted by Crippen LogP contribution is -1.97. The summed E-state index contributed by atoms with van der Waals surface area (Å²) in [6, 6.07) is 20.1. The summed E-state index contributed by atoms with van der Waals surface area (Å²) in [6.07, 6.45) is 4.77. The Morgan fingerprint density at radius 2 is 1.48 bits per heavy atom. The predicted molar refractivity (Wildman–Crippen MR) is 128 cm³/mol. The molecule has 1 aromatic heterocycles. The summed E-state index contributed by atoms with van der Waals surface area (Å²) in [4.78, 5) is 4.88. The van der Waals surface area contributed by atoms with Gasteiger partial charge < -0.3 is 9.47 Å². The fourth-order valence-corrected chi connectivity index (χ4v) is 4.34. The van der Waals surface area contributed by atoms with E-state index in [1.807, 2.05) is 54.6 Å². The number of hydrogen-bond acceptors (Lipinski definition) is 5. The van der Waals surface area contributed by atoms with E-state index < -0.39 is 0 Å². The molecule has 0 aliphatic rings. The number of unbranched alkanes of at least 4 members (excludes halogenated alkanes) is 3. The van der Waals surface area contributed by atoms with Crippen molar-refractivity contribution < 1.29 is 9.47 Å². The largest absolute Gasteiger partial charge is 0.497 e. The van der Waals surface area contributed by atoms with Gasteiger partial charge in [-0.1, -0.05) is 38.3 Å². The first kappa shape index (κ1) is 22.7. The van der Waals surface area contributed by atoms with Gasteiger partial charge in [0, 0.05) is 11.1 Å². The van der Waals surface area contributed by atoms with Crippen molar-refractivity contribution in [3.63, 3.8) is 0 Å². The molecule has 1 heterocycles. The van der Waals surface area contributed by atoms with Crippen LogP contribution >= 0.6 is 11.8 Å². The monoisotopic (exact) mass is 432 g/mol. The van der Waals surface area contributed by atoms with Crippen molar-refractivity contribution in [2.24, 2.45) is 0 Å². The van der Waals surface area contributed by atoms with Crippen LogP contribution in [0.4, 0.5) is 0 Å². The third-order valence-corrected chi connectivity index (χ3v) is 6.18. The number of hydrogen-bond donors (Lipinski definition) is 0. The van der Waals surface area contributed by atoms with Gasteiger partial charge in [0.25, 0.3) is 0 Å². The average molecular weight is 433 g/mol. The van der Waals surface area contributed by atoms with Gasteiger partial charge in [-0.05, 0) is 60.2 Å². The Balaban J connectivity index is 2.03. The molecule has 5 heteroatoms. The minimum Gasteiger partial charge on any atom is -0.497 e. The second-order valence-electron chi connectivity index (χ2n) is 7.21. The van der Waals surface area contributed by atoms with Crippen molar-refractivity contribution in [1.82, 2.24) is 4.98 Å². The molecule has 0 N–H and O–H groups in total. The van der Waals surface area contributed by atoms with E-state index in [0.717, 1.165) is 51.1 Å². The molecule has 0 atom stereocenters. The van der Waals surface area contributed by atoms with Crippen LogP contribution in [-0.2, 0) is 0 Å². The van der Waals surface area contributed by atoms with E-state index in [4.69, 9.17) is 14.5 Å². The van der Waals surface area contributed by atoms with Crippen molar-refractivity contribution in [1.29, 1.82) is 5.26 Å². The molecule has 0 saturated heterocycles. The summed E-state index contributed by atoms with van der Waals surface area (Å²) in [6.45, 7) is 2.21. The predicted octanol–water partition coefficient (Wildman–Crippen LogP) is 6.98. The van der Waals surface area contributed by atoms with E-state index in [1.165, 1.54) is 19.3 Å². The Morgan fingerprint density at radius 1 is 0.871 bits per heavy atom. The van der Waals surface area contributed by atoms with Crippen LogP contribution in [0, 0.1) is 11.3 Å². The molecule has 0 aliphatic heterocycles. The van der Waals surface area contributed by atoms with Crippen LogP contribution in [0.15, 0.2) is 59.6 Å². The van der Waals surface area contributed by atoms with Gasteiger partial charge in [-0.3, -0.25) is 0 Å². The number of pyridine rings is 1. The normalized spacial score (nSPS) is 10.5. The van der Waals surface area contributed by atoms with Gasteiger partial charge in [0.05, 0.1) is 25.5 Å². The van der Waals surface area contributed by atoms with Crippen LogP contribution in [0.1, 0.15) is 38.2 Å². The zero-order valence-corrected chi connectivity index (χ0v) is 19.2. The fourth-order valence-electron chi connectivity index (χ4n) is 3.34. The third kappa shape index (κ3) is 5.80. The summed E-state index contributed by atoms with van der Waals surface area (Å²) in [5, 5.41) is 10.8. The average Bonchev–Trinajstić information content (AvgIpc) is 2.83. The summed E-state index contributed by atoms with van der Waals surface area (Å²) >= 11 is 1.67. The number of benzene rings is 2. The number of rotatable bonds is 10. The molecule has 4 nitrogen and oxygen atoms in total. The van der Waals surface area contributed by atoms with Gasteiger partial charge in [-0.25, -0.2) is 4.98 Å². The molecule has 3 aromatic rings. The smallest absolute Gasteiger partial charge is 0.118 e. The topological polar surface area (TPSA) is 55.1 Å². The van der Waals surface area contributed by atoms with Gasteiger partial charge in [0.1, 0.15) is 22.6 Å². The number of nitriles is 1. The van der Waals surface area contributed by atoms with Crippen LogP contribution in [0.25, 0.3) is 22.4 Å². The maximum Gasteiger partial charge on any atom is 0.118 e. The van der Waals surface area contributed by atoms with Gasteiger partial charge >= 0.3 is 0 Å². The molecule has 160 valence electrons. The molecular weight excluding hydrogens is 404 g/mol. The second kappa shape index (κ2) is 11.4. The third-order valence-electron chi connectivity index (χ3n) is 5.12. The molecule has 0 fully saturated rings. The number of thioether (sulfide) groups is 1. The highest BCUT2D eigenvalue weighted by Gasteiger charge is 2.16. The molecule has 0 unspecified atom stereocenters. The standard InChI is InChI=1S/C26H28N2O2S/c1-4-5-6-7-16-31-26-24(18-27)23(19-8-12-21(29-2)13-9-19)17-25(28-26)20-10-14-22(30-3)15-11-20/h8-15,17H,4-7,16H2,1-3H3. The number of nitrogens with zero attached hydrogens (tertiary/aromatic N) is 2. The van der Waals surface area contributed by atoms with E-state index >= 15 is 0 Å². The molecule has 0 radical (unpaired) electrons. The minimum atomic E-state index is 0.628. The van der Waals surface area contributed by atoms with E-state index in [0.29, 0.717) is 5.56 Å². The van der Waals surface area contributed by atoms with E-state index in [2.05, 4.69) is 13.0 Å². The van der Waals surface area contributed by atoms with E-state index in [9.17, 15) is 5.26 Å². The first-order valence-electron chi connectivity index (χ1n) is 10.6. The highest BCUT2D eigenvalue weighted by molar-refractivity contribution is 7.99. The molecule has 2 aromatic carbocycles. The van der Waals surface area contributed by atoms with Gasteiger partial charge in [-0.2, -0.15) is 5.26 Å². The van der Waals surface area contributed by atoms with Gasteiger partial charge in [0.15, 0.2) is 0 Å². The van der Waals surface area contributed by atoms with Crippen molar-refractivity contribution in [3.05, 3.63) is 60.2 Å². The van der Waals surface area contributed by atoms with Crippen molar-refractivity contribution in [2.45, 2.75) is 37.6 Å². The Labute approximate surface area is 189 Å². The Kier molecular flexibility index (Phi) is 8.37. The molecule has 0 spiro atoms. The fraction of sp³-hybridized carbons (Fsp3) is 0.308. The minimum absolute atomic E-state index is 0.628. The van der Waals surface area contributed by atoms with Gasteiger partial charge in [0.2, 0.25) is 0 Å². The first-order chi connectivity index (χ1) is 15.2. The second-order valence-corrected chi connectivity index (χ2v) is 8.30. The van der Waals surface area contributed by atoms with Crippen LogP contribution in [0.3, 0.4) is 0 Å². The number of methoxy groups -OCH3 is 2. The number of aromatic nitrogens is 1. The molecule has 0 bridgehead atoms. The lowest BCUT2D eigenvalue weighted by atomic mass is 9.99. The summed E-state index contributed by atoms with van der Waals surface area (Å²) in [7, 11) is 3.31. The Bertz CT molecular complexity index is 1030. The van der Waals surface area contributed by atoms with Crippen LogP contribution in [0.2, 0.25) is 0 Å². The number of ether oxygens (including phenoxy) is 2. The molecular formula is C26H28N2O2S.